The molecule has 0 aliphatic heterocycles. The van der Waals surface area contributed by atoms with Gasteiger partial charge in [0.05, 0.1) is 17.9 Å². The number of Topliss-reactive ketones (excluding diaryl/α,β-unsaturated/α-hetero) is 1. The first-order valence-electron chi connectivity index (χ1n) is 6.51. The number of ether oxygens (including phenoxy) is 1. The molecule has 0 unspecified atom stereocenters. The molecule has 20 heavy (non-hydrogen) atoms. The number of methoxy groups -OCH3 is 1. The molecule has 0 atom stereocenters. The van der Waals surface area contributed by atoms with Crippen molar-refractivity contribution in [3.05, 3.63) is 48.2 Å². The van der Waals surface area contributed by atoms with Crippen LogP contribution in [0.2, 0.25) is 0 Å². The molecule has 0 aliphatic rings. The van der Waals surface area contributed by atoms with Gasteiger partial charge in [-0.15, -0.1) is 0 Å². The smallest absolute Gasteiger partial charge is 0.213 e. The summed E-state index contributed by atoms with van der Waals surface area (Å²) in [5.74, 6) is 0.930. The molecule has 0 saturated heterocycles. The summed E-state index contributed by atoms with van der Waals surface area (Å²) in [7, 11) is 3.66. The average molecular weight is 266 g/mol. The Balaban J connectivity index is 2.39. The molecule has 3 heteroatoms. The monoisotopic (exact) mass is 266 g/mol. The molecule has 0 aliphatic carbocycles. The molecule has 1 aromatic heterocycles. The fourth-order valence-electron chi connectivity index (χ4n) is 2.57. The Hall–Kier alpha value is -2.42. The van der Waals surface area contributed by atoms with Crippen LogP contribution in [0.1, 0.15) is 17.3 Å². The molecule has 0 spiro atoms. The number of nitrogens with zero attached hydrogens (tertiary/aromatic N) is 1. The van der Waals surface area contributed by atoms with E-state index in [1.807, 2.05) is 41.9 Å². The van der Waals surface area contributed by atoms with Gasteiger partial charge in [-0.1, -0.05) is 6.07 Å². The van der Waals surface area contributed by atoms with E-state index >= 15 is 0 Å². The fourth-order valence-corrected chi connectivity index (χ4v) is 2.57. The summed E-state index contributed by atoms with van der Waals surface area (Å²) in [5, 5.41) is 3.42. The second-order valence-electron chi connectivity index (χ2n) is 4.98. The Morgan fingerprint density at radius 3 is 2.55 bits per heavy atom. The van der Waals surface area contributed by atoms with Crippen LogP contribution in [0, 0.1) is 0 Å². The van der Waals surface area contributed by atoms with Crippen LogP contribution in [0.4, 0.5) is 0 Å². The van der Waals surface area contributed by atoms with Crippen molar-refractivity contribution >= 4 is 27.5 Å². The summed E-state index contributed by atoms with van der Waals surface area (Å²) < 4.78 is 7.32. The second-order valence-corrected chi connectivity index (χ2v) is 4.98. The summed E-state index contributed by atoms with van der Waals surface area (Å²) in [6.45, 7) is 1.59. The molecule has 3 rings (SSSR count). The number of benzene rings is 2. The molecule has 3 aromatic rings. The van der Waals surface area contributed by atoms with E-state index in [0.29, 0.717) is 0 Å². The van der Waals surface area contributed by atoms with Crippen LogP contribution in [0.3, 0.4) is 0 Å². The van der Waals surface area contributed by atoms with Crippen molar-refractivity contribution in [1.82, 2.24) is 0 Å². The van der Waals surface area contributed by atoms with E-state index in [2.05, 4.69) is 12.3 Å². The zero-order chi connectivity index (χ0) is 14.3. The van der Waals surface area contributed by atoms with Gasteiger partial charge in [-0.3, -0.25) is 4.79 Å². The SMILES string of the molecule is COc1ccc2c(c1)c[n+](C)c1cc(C(C)=O)ccc21. The predicted molar refractivity (Wildman–Crippen MR) is 79.2 cm³/mol. The number of fused-ring (bicyclic) bond motifs is 3. The minimum absolute atomic E-state index is 0.0849. The lowest BCUT2D eigenvalue weighted by Crippen LogP contribution is -2.28. The van der Waals surface area contributed by atoms with Crippen molar-refractivity contribution in [3.63, 3.8) is 0 Å². The Morgan fingerprint density at radius 1 is 1.10 bits per heavy atom. The van der Waals surface area contributed by atoms with Crippen molar-refractivity contribution in [2.45, 2.75) is 6.92 Å². The zero-order valence-electron chi connectivity index (χ0n) is 11.8. The maximum Gasteiger partial charge on any atom is 0.213 e. The van der Waals surface area contributed by atoms with Gasteiger partial charge in [-0.2, -0.15) is 0 Å². The van der Waals surface area contributed by atoms with Crippen molar-refractivity contribution in [2.75, 3.05) is 7.11 Å². The van der Waals surface area contributed by atoms with Gasteiger partial charge in [-0.25, -0.2) is 4.57 Å². The minimum atomic E-state index is 0.0849. The number of carbonyl (C=O) groups is 1. The number of hydrogen-bond acceptors (Lipinski definition) is 2. The predicted octanol–water partition coefficient (Wildman–Crippen LogP) is 3.03. The van der Waals surface area contributed by atoms with Crippen molar-refractivity contribution in [3.8, 4) is 5.75 Å². The average Bonchev–Trinajstić information content (AvgIpc) is 2.46. The highest BCUT2D eigenvalue weighted by atomic mass is 16.5. The van der Waals surface area contributed by atoms with Crippen LogP contribution in [0.25, 0.3) is 21.7 Å². The van der Waals surface area contributed by atoms with E-state index in [1.54, 1.807) is 14.0 Å². The summed E-state index contributed by atoms with van der Waals surface area (Å²) in [6.07, 6.45) is 2.06. The zero-order valence-corrected chi connectivity index (χ0v) is 11.8. The third kappa shape index (κ3) is 1.92. The molecule has 1 heterocycles. The number of hydrogen-bond donors (Lipinski definition) is 0. The molecule has 0 saturated carbocycles. The van der Waals surface area contributed by atoms with Gasteiger partial charge in [0.2, 0.25) is 5.52 Å². The minimum Gasteiger partial charge on any atom is -0.497 e. The third-order valence-electron chi connectivity index (χ3n) is 3.67. The molecule has 0 bridgehead atoms. The first-order chi connectivity index (χ1) is 9.60. The van der Waals surface area contributed by atoms with Gasteiger partial charge >= 0.3 is 0 Å². The van der Waals surface area contributed by atoms with Crippen LogP contribution in [0.15, 0.2) is 42.6 Å². The number of rotatable bonds is 2. The topological polar surface area (TPSA) is 30.2 Å². The molecule has 0 radical (unpaired) electrons. The fraction of sp³-hybridized carbons (Fsp3) is 0.176. The molecule has 3 nitrogen and oxygen atoms in total. The second kappa shape index (κ2) is 4.60. The lowest BCUT2D eigenvalue weighted by atomic mass is 10.0. The van der Waals surface area contributed by atoms with E-state index in [1.165, 1.54) is 0 Å². The van der Waals surface area contributed by atoms with Gasteiger partial charge in [0.15, 0.2) is 12.0 Å². The summed E-state index contributed by atoms with van der Waals surface area (Å²) in [4.78, 5) is 11.5. The number of aromatic nitrogens is 1. The largest absolute Gasteiger partial charge is 0.497 e. The Bertz CT molecular complexity index is 837. The normalized spacial score (nSPS) is 10.9. The maximum absolute atomic E-state index is 11.5. The van der Waals surface area contributed by atoms with E-state index in [4.69, 9.17) is 4.74 Å². The first-order valence-corrected chi connectivity index (χ1v) is 6.51. The maximum atomic E-state index is 11.5. The molecule has 0 fully saturated rings. The van der Waals surface area contributed by atoms with Crippen molar-refractivity contribution in [1.29, 1.82) is 0 Å². The van der Waals surface area contributed by atoms with E-state index < -0.39 is 0 Å². The van der Waals surface area contributed by atoms with Gasteiger partial charge in [0, 0.05) is 17.0 Å². The molecule has 0 amide bonds. The standard InChI is InChI=1S/C17H16NO2/c1-11(19)12-4-6-16-15-7-5-14(20-3)8-13(15)10-18(2)17(16)9-12/h4-10H,1-3H3/q+1. The van der Waals surface area contributed by atoms with E-state index in [9.17, 15) is 4.79 Å². The van der Waals surface area contributed by atoms with Crippen LogP contribution in [-0.4, -0.2) is 12.9 Å². The Kier molecular flexibility index (Phi) is 2.90. The molecule has 2 aromatic carbocycles. The van der Waals surface area contributed by atoms with Gasteiger partial charge in [0.25, 0.3) is 0 Å². The summed E-state index contributed by atoms with van der Waals surface area (Å²) in [5.41, 5.74) is 1.79. The highest BCUT2D eigenvalue weighted by Crippen LogP contribution is 2.26. The third-order valence-corrected chi connectivity index (χ3v) is 3.67. The molecule has 100 valence electrons. The van der Waals surface area contributed by atoms with Crippen LogP contribution >= 0.6 is 0 Å². The number of ketones is 1. The van der Waals surface area contributed by atoms with Crippen molar-refractivity contribution < 1.29 is 14.1 Å². The molecular weight excluding hydrogens is 250 g/mol. The highest BCUT2D eigenvalue weighted by molar-refractivity contribution is 6.06. The van der Waals surface area contributed by atoms with Crippen LogP contribution in [0.5, 0.6) is 5.75 Å². The molecule has 0 N–H and O–H groups in total. The van der Waals surface area contributed by atoms with Crippen LogP contribution < -0.4 is 9.30 Å². The summed E-state index contributed by atoms with van der Waals surface area (Å²) >= 11 is 0. The summed E-state index contributed by atoms with van der Waals surface area (Å²) in [6, 6.07) is 11.9. The lowest BCUT2D eigenvalue weighted by Gasteiger charge is -2.06. The Morgan fingerprint density at radius 2 is 1.85 bits per heavy atom. The van der Waals surface area contributed by atoms with Gasteiger partial charge in [0.1, 0.15) is 12.8 Å². The number of pyridine rings is 1. The number of aryl methyl sites for hydroxylation is 1. The van der Waals surface area contributed by atoms with Gasteiger partial charge < -0.3 is 4.74 Å². The van der Waals surface area contributed by atoms with Gasteiger partial charge in [-0.05, 0) is 31.2 Å². The number of carbonyl (C=O) groups excluding carboxylic acids is 1. The highest BCUT2D eigenvalue weighted by Gasteiger charge is 2.13. The van der Waals surface area contributed by atoms with Crippen LogP contribution in [-0.2, 0) is 7.05 Å². The van der Waals surface area contributed by atoms with E-state index in [0.717, 1.165) is 33.0 Å². The Labute approximate surface area is 117 Å². The van der Waals surface area contributed by atoms with Crippen molar-refractivity contribution in [2.24, 2.45) is 7.05 Å². The lowest BCUT2D eigenvalue weighted by molar-refractivity contribution is -0.643. The van der Waals surface area contributed by atoms with E-state index in [-0.39, 0.29) is 5.78 Å². The molecular formula is C17H16NO2+. The quantitative estimate of drug-likeness (QED) is 0.405. The first kappa shape index (κ1) is 12.6.